The van der Waals surface area contributed by atoms with Crippen LogP contribution in [0.5, 0.6) is 5.88 Å². The van der Waals surface area contributed by atoms with Crippen molar-refractivity contribution >= 4 is 22.7 Å². The van der Waals surface area contributed by atoms with Gasteiger partial charge in [0.1, 0.15) is 6.61 Å². The van der Waals surface area contributed by atoms with E-state index in [9.17, 15) is 4.79 Å². The number of carbonyl (C=O) groups is 1. The highest BCUT2D eigenvalue weighted by molar-refractivity contribution is 5.90. The molecule has 0 aliphatic carbocycles. The molecule has 0 aliphatic heterocycles. The molecule has 1 amide bonds. The van der Waals surface area contributed by atoms with Crippen LogP contribution in [0, 0.1) is 0 Å². The SMILES string of the molecule is CCCCOC(=O)NCCOc1noc2c(N)cccc12. The number of anilines is 1. The first-order valence-corrected chi connectivity index (χ1v) is 6.89. The van der Waals surface area contributed by atoms with E-state index in [-0.39, 0.29) is 6.61 Å². The molecule has 1 heterocycles. The molecule has 0 aliphatic rings. The fraction of sp³-hybridized carbons (Fsp3) is 0.429. The summed E-state index contributed by atoms with van der Waals surface area (Å²) in [4.78, 5) is 11.3. The lowest BCUT2D eigenvalue weighted by Crippen LogP contribution is -2.29. The van der Waals surface area contributed by atoms with Crippen LogP contribution in [0.25, 0.3) is 11.0 Å². The van der Waals surface area contributed by atoms with Gasteiger partial charge in [-0.05, 0) is 23.7 Å². The summed E-state index contributed by atoms with van der Waals surface area (Å²) in [6.07, 6.45) is 1.40. The molecule has 0 atom stereocenters. The second-order valence-corrected chi connectivity index (χ2v) is 4.48. The zero-order valence-corrected chi connectivity index (χ0v) is 11.9. The van der Waals surface area contributed by atoms with Crippen molar-refractivity contribution in [1.82, 2.24) is 10.5 Å². The van der Waals surface area contributed by atoms with Crippen LogP contribution in [0.1, 0.15) is 19.8 Å². The first kappa shape index (κ1) is 15.0. The predicted octanol–water partition coefficient (Wildman–Crippen LogP) is 2.32. The number of unbranched alkanes of at least 4 members (excludes halogenated alkanes) is 1. The highest BCUT2D eigenvalue weighted by Crippen LogP contribution is 2.28. The number of fused-ring (bicyclic) bond motifs is 1. The Hall–Kier alpha value is -2.44. The predicted molar refractivity (Wildman–Crippen MR) is 78.2 cm³/mol. The molecule has 2 rings (SSSR count). The molecule has 0 radical (unpaired) electrons. The maximum Gasteiger partial charge on any atom is 0.407 e. The Balaban J connectivity index is 1.75. The van der Waals surface area contributed by atoms with Crippen molar-refractivity contribution < 1.29 is 18.8 Å². The molecule has 0 fully saturated rings. The van der Waals surface area contributed by atoms with Gasteiger partial charge in [0, 0.05) is 0 Å². The number of ether oxygens (including phenoxy) is 2. The molecular formula is C14H19N3O4. The summed E-state index contributed by atoms with van der Waals surface area (Å²) < 4.78 is 15.5. The number of nitrogens with one attached hydrogen (secondary N) is 1. The van der Waals surface area contributed by atoms with Gasteiger partial charge in [-0.15, -0.1) is 0 Å². The van der Waals surface area contributed by atoms with Crippen molar-refractivity contribution in [2.24, 2.45) is 0 Å². The number of rotatable bonds is 7. The van der Waals surface area contributed by atoms with E-state index in [1.807, 2.05) is 13.0 Å². The van der Waals surface area contributed by atoms with Gasteiger partial charge in [0.05, 0.1) is 24.2 Å². The first-order chi connectivity index (χ1) is 10.2. The average molecular weight is 293 g/mol. The Morgan fingerprint density at radius 1 is 1.43 bits per heavy atom. The third-order valence-corrected chi connectivity index (χ3v) is 2.84. The molecule has 3 N–H and O–H groups in total. The quantitative estimate of drug-likeness (QED) is 0.600. The van der Waals surface area contributed by atoms with Crippen LogP contribution in [0.15, 0.2) is 22.7 Å². The molecular weight excluding hydrogens is 274 g/mol. The summed E-state index contributed by atoms with van der Waals surface area (Å²) in [5.41, 5.74) is 6.77. The van der Waals surface area contributed by atoms with Crippen molar-refractivity contribution in [3.63, 3.8) is 0 Å². The second-order valence-electron chi connectivity index (χ2n) is 4.48. The van der Waals surface area contributed by atoms with E-state index >= 15 is 0 Å². The largest absolute Gasteiger partial charge is 0.473 e. The molecule has 7 nitrogen and oxygen atoms in total. The van der Waals surface area contributed by atoms with Gasteiger partial charge in [0.15, 0.2) is 5.58 Å². The lowest BCUT2D eigenvalue weighted by molar-refractivity contribution is 0.142. The van der Waals surface area contributed by atoms with E-state index in [1.165, 1.54) is 0 Å². The number of alkyl carbamates (subject to hydrolysis) is 1. The molecule has 2 aromatic rings. The minimum absolute atomic E-state index is 0.263. The maximum absolute atomic E-state index is 11.3. The standard InChI is InChI=1S/C14H19N3O4/c1-2-3-8-20-14(18)16-7-9-19-13-10-5-4-6-11(15)12(10)21-17-13/h4-6H,2-3,7-9,15H2,1H3,(H,16,18). The van der Waals surface area contributed by atoms with Gasteiger partial charge in [-0.2, -0.15) is 0 Å². The number of benzene rings is 1. The Morgan fingerprint density at radius 3 is 3.10 bits per heavy atom. The van der Waals surface area contributed by atoms with Crippen LogP contribution in [0.3, 0.4) is 0 Å². The minimum Gasteiger partial charge on any atom is -0.473 e. The van der Waals surface area contributed by atoms with Gasteiger partial charge < -0.3 is 25.0 Å². The molecule has 7 heteroatoms. The van der Waals surface area contributed by atoms with Gasteiger partial charge >= 0.3 is 6.09 Å². The summed E-state index contributed by atoms with van der Waals surface area (Å²) in [7, 11) is 0. The summed E-state index contributed by atoms with van der Waals surface area (Å²) in [6, 6.07) is 5.33. The molecule has 0 spiro atoms. The average Bonchev–Trinajstić information content (AvgIpc) is 2.89. The van der Waals surface area contributed by atoms with Crippen LogP contribution >= 0.6 is 0 Å². The zero-order valence-electron chi connectivity index (χ0n) is 11.9. The third kappa shape index (κ3) is 4.01. The number of amides is 1. The first-order valence-electron chi connectivity index (χ1n) is 6.89. The van der Waals surface area contributed by atoms with Crippen molar-refractivity contribution in [3.8, 4) is 5.88 Å². The highest BCUT2D eigenvalue weighted by Gasteiger charge is 2.11. The summed E-state index contributed by atoms with van der Waals surface area (Å²) in [5, 5.41) is 7.12. The van der Waals surface area contributed by atoms with E-state index in [0.29, 0.717) is 35.7 Å². The number of para-hydroxylation sites is 1. The van der Waals surface area contributed by atoms with Crippen LogP contribution in [0.2, 0.25) is 0 Å². The van der Waals surface area contributed by atoms with Gasteiger partial charge in [0.25, 0.3) is 5.88 Å². The third-order valence-electron chi connectivity index (χ3n) is 2.84. The molecule has 0 bridgehead atoms. The normalized spacial score (nSPS) is 10.5. The minimum atomic E-state index is -0.443. The summed E-state index contributed by atoms with van der Waals surface area (Å²) in [6.45, 7) is 3.04. The molecule has 1 aromatic heterocycles. The van der Waals surface area contributed by atoms with Gasteiger partial charge in [-0.3, -0.25) is 0 Å². The lowest BCUT2D eigenvalue weighted by Gasteiger charge is -2.06. The Labute approximate surface area is 122 Å². The zero-order chi connectivity index (χ0) is 15.1. The van der Waals surface area contributed by atoms with Crippen LogP contribution in [0.4, 0.5) is 10.5 Å². The fourth-order valence-electron chi connectivity index (χ4n) is 1.73. The number of carbonyl (C=O) groups excluding carboxylic acids is 1. The summed E-state index contributed by atoms with van der Waals surface area (Å²) >= 11 is 0. The Kier molecular flexibility index (Phi) is 5.25. The van der Waals surface area contributed by atoms with Gasteiger partial charge in [-0.1, -0.05) is 19.4 Å². The van der Waals surface area contributed by atoms with E-state index in [2.05, 4.69) is 10.5 Å². The van der Waals surface area contributed by atoms with Crippen LogP contribution in [-0.4, -0.2) is 31.0 Å². The number of aromatic nitrogens is 1. The smallest absolute Gasteiger partial charge is 0.407 e. The molecule has 21 heavy (non-hydrogen) atoms. The maximum atomic E-state index is 11.3. The van der Waals surface area contributed by atoms with Crippen molar-refractivity contribution in [2.45, 2.75) is 19.8 Å². The van der Waals surface area contributed by atoms with Crippen molar-refractivity contribution in [2.75, 3.05) is 25.5 Å². The van der Waals surface area contributed by atoms with Crippen LogP contribution < -0.4 is 15.8 Å². The number of hydrogen-bond acceptors (Lipinski definition) is 6. The lowest BCUT2D eigenvalue weighted by atomic mass is 10.2. The molecule has 0 unspecified atom stereocenters. The second kappa shape index (κ2) is 7.37. The topological polar surface area (TPSA) is 99.6 Å². The number of nitrogens with two attached hydrogens (primary N) is 1. The van der Waals surface area contributed by atoms with E-state index in [1.54, 1.807) is 12.1 Å². The number of nitrogen functional groups attached to an aromatic ring is 1. The molecule has 0 saturated carbocycles. The number of hydrogen-bond donors (Lipinski definition) is 2. The van der Waals surface area contributed by atoms with Crippen molar-refractivity contribution in [1.29, 1.82) is 0 Å². The molecule has 1 aromatic carbocycles. The van der Waals surface area contributed by atoms with E-state index in [0.717, 1.165) is 12.8 Å². The van der Waals surface area contributed by atoms with Crippen molar-refractivity contribution in [3.05, 3.63) is 18.2 Å². The molecule has 114 valence electrons. The van der Waals surface area contributed by atoms with Crippen LogP contribution in [-0.2, 0) is 4.74 Å². The fourth-order valence-corrected chi connectivity index (χ4v) is 1.73. The Morgan fingerprint density at radius 2 is 2.29 bits per heavy atom. The Bertz CT molecular complexity index is 597. The van der Waals surface area contributed by atoms with Gasteiger partial charge in [0.2, 0.25) is 0 Å². The highest BCUT2D eigenvalue weighted by atomic mass is 16.6. The molecule has 0 saturated heterocycles. The van der Waals surface area contributed by atoms with Gasteiger partial charge in [-0.25, -0.2) is 4.79 Å². The van der Waals surface area contributed by atoms with E-state index in [4.69, 9.17) is 19.7 Å². The summed E-state index contributed by atoms with van der Waals surface area (Å²) in [5.74, 6) is 0.360. The number of nitrogens with zero attached hydrogens (tertiary/aromatic N) is 1. The monoisotopic (exact) mass is 293 g/mol. The van der Waals surface area contributed by atoms with E-state index < -0.39 is 6.09 Å².